The molecule has 18 heavy (non-hydrogen) atoms. The van der Waals surface area contributed by atoms with Gasteiger partial charge in [-0.2, -0.15) is 0 Å². The average molecular weight is 380 g/mol. The molecule has 0 aromatic heterocycles. The average Bonchev–Trinajstić information content (AvgIpc) is 2.33. The standard InChI is InChI=1S/C13H16O3S.HI/c14-12(15)10-17-8-6-13(16,7-9-17)11-4-2-1-3-5-11;/h1-5,16H,6-10H2;1H. The van der Waals surface area contributed by atoms with Gasteiger partial charge in [-0.3, -0.25) is 0 Å². The van der Waals surface area contributed by atoms with Crippen LogP contribution in [-0.2, 0) is 21.3 Å². The summed E-state index contributed by atoms with van der Waals surface area (Å²) in [6.45, 7) is 0. The molecule has 2 N–H and O–H groups in total. The molecular formula is C13H17IO3S. The van der Waals surface area contributed by atoms with Crippen LogP contribution in [0.1, 0.15) is 18.4 Å². The van der Waals surface area contributed by atoms with Crippen LogP contribution in [0.5, 0.6) is 0 Å². The zero-order valence-electron chi connectivity index (χ0n) is 10.0. The topological polar surface area (TPSA) is 57.5 Å². The number of hydrogen-bond acceptors (Lipinski definition) is 2. The van der Waals surface area contributed by atoms with E-state index in [0.29, 0.717) is 12.8 Å². The highest BCUT2D eigenvalue weighted by molar-refractivity contribution is 7.97. The summed E-state index contributed by atoms with van der Waals surface area (Å²) in [5, 5.41) is 19.3. The number of halogens is 1. The third-order valence-electron chi connectivity index (χ3n) is 3.25. The predicted octanol–water partition coefficient (Wildman–Crippen LogP) is -1.63. The number of carboxylic acids is 1. The third kappa shape index (κ3) is 3.86. The minimum Gasteiger partial charge on any atom is -1.00 e. The molecule has 1 fully saturated rings. The summed E-state index contributed by atoms with van der Waals surface area (Å²) >= 11 is 0. The molecule has 0 spiro atoms. The summed E-state index contributed by atoms with van der Waals surface area (Å²) in [5.41, 5.74) is 0.210. The van der Waals surface area contributed by atoms with Gasteiger partial charge in [-0.1, -0.05) is 30.3 Å². The number of aliphatic hydroxyl groups is 1. The van der Waals surface area contributed by atoms with Crippen molar-refractivity contribution in [3.63, 3.8) is 0 Å². The van der Waals surface area contributed by atoms with E-state index in [4.69, 9.17) is 5.11 Å². The zero-order chi connectivity index (χ0) is 12.3. The first kappa shape index (κ1) is 15.8. The summed E-state index contributed by atoms with van der Waals surface area (Å²) in [7, 11) is -0.0547. The Labute approximate surface area is 127 Å². The van der Waals surface area contributed by atoms with Crippen LogP contribution in [0.4, 0.5) is 0 Å². The smallest absolute Gasteiger partial charge is 0.353 e. The molecule has 1 aliphatic rings. The van der Waals surface area contributed by atoms with Gasteiger partial charge in [0, 0.05) is 12.8 Å². The molecule has 0 saturated carbocycles. The van der Waals surface area contributed by atoms with E-state index in [0.717, 1.165) is 17.1 Å². The van der Waals surface area contributed by atoms with Gasteiger partial charge in [0.2, 0.25) is 5.75 Å². The molecule has 5 heteroatoms. The molecule has 1 aromatic carbocycles. The van der Waals surface area contributed by atoms with Crippen molar-refractivity contribution in [3.05, 3.63) is 35.9 Å². The van der Waals surface area contributed by atoms with E-state index in [2.05, 4.69) is 0 Å². The SMILES string of the molecule is O=C(O)C[S+]1CCC(O)(c2ccccc2)CC1.[I-]. The van der Waals surface area contributed by atoms with Gasteiger partial charge in [0.05, 0.1) is 5.60 Å². The molecule has 1 saturated heterocycles. The van der Waals surface area contributed by atoms with Crippen LogP contribution in [-0.4, -0.2) is 33.4 Å². The van der Waals surface area contributed by atoms with Crippen LogP contribution in [0.2, 0.25) is 0 Å². The van der Waals surface area contributed by atoms with Crippen molar-refractivity contribution in [1.29, 1.82) is 0 Å². The van der Waals surface area contributed by atoms with Crippen molar-refractivity contribution in [3.8, 4) is 0 Å². The molecular weight excluding hydrogens is 363 g/mol. The van der Waals surface area contributed by atoms with Crippen LogP contribution < -0.4 is 24.0 Å². The first-order valence-electron chi connectivity index (χ1n) is 5.74. The second-order valence-corrected chi connectivity index (χ2v) is 6.79. The molecule has 100 valence electrons. The minimum absolute atomic E-state index is 0. The molecule has 0 atom stereocenters. The summed E-state index contributed by atoms with van der Waals surface area (Å²) in [5.74, 6) is 1.17. The quantitative estimate of drug-likeness (QED) is 0.490. The molecule has 0 bridgehead atoms. The van der Waals surface area contributed by atoms with Gasteiger partial charge < -0.3 is 34.2 Å². The highest BCUT2D eigenvalue weighted by Crippen LogP contribution is 2.34. The highest BCUT2D eigenvalue weighted by Gasteiger charge is 2.40. The summed E-state index contributed by atoms with van der Waals surface area (Å²) in [6, 6.07) is 9.68. The van der Waals surface area contributed by atoms with Gasteiger partial charge in [-0.25, -0.2) is 4.79 Å². The molecule has 0 aliphatic carbocycles. The van der Waals surface area contributed by atoms with Gasteiger partial charge >= 0.3 is 5.97 Å². The Kier molecular flexibility index (Phi) is 5.94. The Morgan fingerprint density at radius 3 is 2.28 bits per heavy atom. The first-order chi connectivity index (χ1) is 8.10. The number of benzene rings is 1. The minimum atomic E-state index is -0.747. The number of carboxylic acid groups (broad SMARTS) is 1. The fourth-order valence-electron chi connectivity index (χ4n) is 2.21. The Morgan fingerprint density at radius 2 is 1.78 bits per heavy atom. The van der Waals surface area contributed by atoms with Crippen molar-refractivity contribution in [2.75, 3.05) is 17.3 Å². The summed E-state index contributed by atoms with van der Waals surface area (Å²) in [6.07, 6.45) is 1.35. The molecule has 1 heterocycles. The number of carbonyl (C=O) groups is 1. The fraction of sp³-hybridized carbons (Fsp3) is 0.462. The Bertz CT molecular complexity index is 388. The van der Waals surface area contributed by atoms with Gasteiger partial charge in [0.1, 0.15) is 11.5 Å². The molecule has 0 radical (unpaired) electrons. The summed E-state index contributed by atoms with van der Waals surface area (Å²) < 4.78 is 0. The largest absolute Gasteiger partial charge is 1.00 e. The maximum Gasteiger partial charge on any atom is 0.353 e. The Morgan fingerprint density at radius 1 is 1.22 bits per heavy atom. The number of rotatable bonds is 3. The van der Waals surface area contributed by atoms with Crippen LogP contribution in [0.3, 0.4) is 0 Å². The van der Waals surface area contributed by atoms with Crippen molar-refractivity contribution >= 4 is 16.9 Å². The second-order valence-electron chi connectivity index (χ2n) is 4.46. The van der Waals surface area contributed by atoms with Crippen LogP contribution in [0, 0.1) is 0 Å². The zero-order valence-corrected chi connectivity index (χ0v) is 13.0. The number of hydrogen-bond donors (Lipinski definition) is 2. The maximum atomic E-state index is 10.6. The third-order valence-corrected chi connectivity index (χ3v) is 5.47. The fourth-order valence-corrected chi connectivity index (χ4v) is 4.30. The van der Waals surface area contributed by atoms with E-state index >= 15 is 0 Å². The van der Waals surface area contributed by atoms with E-state index in [1.807, 2.05) is 30.3 Å². The lowest BCUT2D eigenvalue weighted by Crippen LogP contribution is -3.00. The van der Waals surface area contributed by atoms with Crippen LogP contribution in [0.25, 0.3) is 0 Å². The second kappa shape index (κ2) is 6.77. The van der Waals surface area contributed by atoms with E-state index in [1.165, 1.54) is 0 Å². The van der Waals surface area contributed by atoms with Crippen molar-refractivity contribution < 1.29 is 39.0 Å². The van der Waals surface area contributed by atoms with Crippen molar-refractivity contribution in [2.24, 2.45) is 0 Å². The van der Waals surface area contributed by atoms with E-state index in [-0.39, 0.29) is 40.6 Å². The van der Waals surface area contributed by atoms with Gasteiger partial charge in [0.15, 0.2) is 0 Å². The lowest BCUT2D eigenvalue weighted by Gasteiger charge is -2.31. The van der Waals surface area contributed by atoms with Crippen LogP contribution >= 0.6 is 0 Å². The van der Waals surface area contributed by atoms with Gasteiger partial charge in [0.25, 0.3) is 0 Å². The van der Waals surface area contributed by atoms with Crippen molar-refractivity contribution in [2.45, 2.75) is 18.4 Å². The molecule has 1 aliphatic heterocycles. The molecule has 0 amide bonds. The monoisotopic (exact) mass is 380 g/mol. The van der Waals surface area contributed by atoms with E-state index in [1.54, 1.807) is 0 Å². The summed E-state index contributed by atoms with van der Waals surface area (Å²) in [4.78, 5) is 10.6. The van der Waals surface area contributed by atoms with Gasteiger partial charge in [-0.05, 0) is 16.5 Å². The Hall–Kier alpha value is -0.270. The molecule has 0 unspecified atom stereocenters. The maximum absolute atomic E-state index is 10.6. The van der Waals surface area contributed by atoms with Gasteiger partial charge in [-0.15, -0.1) is 0 Å². The lowest BCUT2D eigenvalue weighted by molar-refractivity contribution is -0.134. The number of aliphatic carboxylic acids is 1. The van der Waals surface area contributed by atoms with E-state index in [9.17, 15) is 9.90 Å². The highest BCUT2D eigenvalue weighted by atomic mass is 127. The lowest BCUT2D eigenvalue weighted by atomic mass is 9.88. The van der Waals surface area contributed by atoms with E-state index < -0.39 is 11.6 Å². The Balaban J connectivity index is 0.00000162. The van der Waals surface area contributed by atoms with Crippen LogP contribution in [0.15, 0.2) is 30.3 Å². The molecule has 2 rings (SSSR count). The normalized spacial score (nSPS) is 27.3. The molecule has 3 nitrogen and oxygen atoms in total. The predicted molar refractivity (Wildman–Crippen MR) is 69.2 cm³/mol. The molecule has 1 aromatic rings. The first-order valence-corrected chi connectivity index (χ1v) is 7.47. The van der Waals surface area contributed by atoms with Crippen molar-refractivity contribution in [1.82, 2.24) is 0 Å².